The van der Waals surface area contributed by atoms with Gasteiger partial charge >= 0.3 is 0 Å². The molecule has 0 unspecified atom stereocenters. The Balaban J connectivity index is 0.00000272. The Kier molecular flexibility index (Phi) is 8.73. The van der Waals surface area contributed by atoms with Crippen LogP contribution >= 0.6 is 35.3 Å². The van der Waals surface area contributed by atoms with Crippen LogP contribution in [0.3, 0.4) is 0 Å². The SMILES string of the molecule is CN=C(NCc1cc(-c2ccc(OC)cc2)cs1)N1CCN(Cc2ccon2)CC1.I. The highest BCUT2D eigenvalue weighted by molar-refractivity contribution is 14.0. The van der Waals surface area contributed by atoms with Gasteiger partial charge in [0.25, 0.3) is 0 Å². The number of hydrogen-bond acceptors (Lipinski definition) is 6. The lowest BCUT2D eigenvalue weighted by Gasteiger charge is -2.36. The maximum atomic E-state index is 5.24. The molecule has 1 saturated heterocycles. The number of aliphatic imine (C=N–C) groups is 1. The number of thiophene rings is 1. The van der Waals surface area contributed by atoms with Gasteiger partial charge in [-0.15, -0.1) is 35.3 Å². The topological polar surface area (TPSA) is 66.1 Å². The molecule has 3 heterocycles. The molecule has 3 aromatic rings. The largest absolute Gasteiger partial charge is 0.497 e. The molecule has 1 aromatic carbocycles. The van der Waals surface area contributed by atoms with E-state index in [1.54, 1.807) is 24.7 Å². The molecule has 1 N–H and O–H groups in total. The number of ether oxygens (including phenoxy) is 1. The Hall–Kier alpha value is -2.11. The second kappa shape index (κ2) is 11.5. The lowest BCUT2D eigenvalue weighted by Crippen LogP contribution is -2.52. The fourth-order valence-corrected chi connectivity index (χ4v) is 4.41. The molecule has 166 valence electrons. The molecular formula is C22H28IN5O2S. The minimum absolute atomic E-state index is 0. The second-order valence-electron chi connectivity index (χ2n) is 7.18. The van der Waals surface area contributed by atoms with Crippen molar-refractivity contribution in [3.05, 3.63) is 58.6 Å². The van der Waals surface area contributed by atoms with E-state index >= 15 is 0 Å². The average Bonchev–Trinajstić information content (AvgIpc) is 3.48. The zero-order valence-electron chi connectivity index (χ0n) is 17.8. The lowest BCUT2D eigenvalue weighted by atomic mass is 10.1. The Morgan fingerprint density at radius 1 is 1.16 bits per heavy atom. The van der Waals surface area contributed by atoms with Gasteiger partial charge in [0.1, 0.15) is 12.0 Å². The number of nitrogens with zero attached hydrogens (tertiary/aromatic N) is 4. The third-order valence-electron chi connectivity index (χ3n) is 5.26. The number of piperazine rings is 1. The summed E-state index contributed by atoms with van der Waals surface area (Å²) in [5.41, 5.74) is 3.41. The molecule has 0 bridgehead atoms. The molecule has 0 atom stereocenters. The van der Waals surface area contributed by atoms with E-state index < -0.39 is 0 Å². The normalized spacial score (nSPS) is 14.9. The molecule has 7 nitrogen and oxygen atoms in total. The van der Waals surface area contributed by atoms with Crippen LogP contribution in [-0.4, -0.2) is 61.3 Å². The fraction of sp³-hybridized carbons (Fsp3) is 0.364. The van der Waals surface area contributed by atoms with Gasteiger partial charge in [0.15, 0.2) is 5.96 Å². The number of halogens is 1. The number of nitrogens with one attached hydrogen (secondary N) is 1. The van der Waals surface area contributed by atoms with Crippen molar-refractivity contribution >= 4 is 41.3 Å². The van der Waals surface area contributed by atoms with Crippen molar-refractivity contribution in [2.24, 2.45) is 4.99 Å². The zero-order valence-corrected chi connectivity index (χ0v) is 20.9. The summed E-state index contributed by atoms with van der Waals surface area (Å²) in [6.07, 6.45) is 1.63. The van der Waals surface area contributed by atoms with E-state index in [4.69, 9.17) is 9.26 Å². The number of aromatic nitrogens is 1. The Labute approximate surface area is 204 Å². The average molecular weight is 553 g/mol. The van der Waals surface area contributed by atoms with Gasteiger partial charge in [0.2, 0.25) is 0 Å². The summed E-state index contributed by atoms with van der Waals surface area (Å²) in [6, 6.07) is 12.3. The molecule has 0 amide bonds. The summed E-state index contributed by atoms with van der Waals surface area (Å²) < 4.78 is 10.2. The van der Waals surface area contributed by atoms with Crippen LogP contribution in [0.15, 0.2) is 57.6 Å². The van der Waals surface area contributed by atoms with E-state index in [1.165, 1.54) is 16.0 Å². The van der Waals surface area contributed by atoms with Gasteiger partial charge in [0.05, 0.1) is 19.3 Å². The number of guanidine groups is 1. The third kappa shape index (κ3) is 6.20. The summed E-state index contributed by atoms with van der Waals surface area (Å²) >= 11 is 1.76. The predicted molar refractivity (Wildman–Crippen MR) is 135 cm³/mol. The van der Waals surface area contributed by atoms with Crippen molar-refractivity contribution in [2.45, 2.75) is 13.1 Å². The highest BCUT2D eigenvalue weighted by atomic mass is 127. The number of benzene rings is 1. The highest BCUT2D eigenvalue weighted by Gasteiger charge is 2.20. The zero-order chi connectivity index (χ0) is 20.8. The summed E-state index contributed by atoms with van der Waals surface area (Å²) in [5.74, 6) is 1.83. The molecule has 0 aliphatic carbocycles. The van der Waals surface area contributed by atoms with E-state index in [-0.39, 0.29) is 24.0 Å². The molecule has 9 heteroatoms. The van der Waals surface area contributed by atoms with Gasteiger partial charge in [0, 0.05) is 50.7 Å². The Bertz CT molecular complexity index is 951. The molecule has 0 saturated carbocycles. The second-order valence-corrected chi connectivity index (χ2v) is 8.18. The van der Waals surface area contributed by atoms with Crippen LogP contribution in [-0.2, 0) is 13.1 Å². The van der Waals surface area contributed by atoms with Crippen molar-refractivity contribution < 1.29 is 9.26 Å². The molecule has 1 aliphatic heterocycles. The standard InChI is InChI=1S/C22H27N5O2S.HI/c1-23-22(27-10-8-26(9-11-27)15-19-7-12-29-25-19)24-14-21-13-18(16-30-21)17-3-5-20(28-2)6-4-17;/h3-7,12-13,16H,8-11,14-15H2,1-2H3,(H,23,24);1H. The van der Waals surface area contributed by atoms with Gasteiger partial charge in [-0.3, -0.25) is 9.89 Å². The van der Waals surface area contributed by atoms with Crippen LogP contribution in [0.25, 0.3) is 11.1 Å². The van der Waals surface area contributed by atoms with Crippen molar-refractivity contribution in [1.82, 2.24) is 20.3 Å². The van der Waals surface area contributed by atoms with E-state index in [2.05, 4.69) is 48.8 Å². The Morgan fingerprint density at radius 3 is 2.58 bits per heavy atom. The summed E-state index contributed by atoms with van der Waals surface area (Å²) in [7, 11) is 3.54. The number of rotatable bonds is 6. The van der Waals surface area contributed by atoms with Crippen molar-refractivity contribution in [3.63, 3.8) is 0 Å². The first-order valence-corrected chi connectivity index (χ1v) is 10.9. The maximum Gasteiger partial charge on any atom is 0.194 e. The minimum atomic E-state index is 0. The molecule has 1 fully saturated rings. The maximum absolute atomic E-state index is 5.24. The molecule has 4 rings (SSSR count). The van der Waals surface area contributed by atoms with E-state index in [1.807, 2.05) is 25.2 Å². The molecular weight excluding hydrogens is 525 g/mol. The third-order valence-corrected chi connectivity index (χ3v) is 6.20. The van der Waals surface area contributed by atoms with E-state index in [0.717, 1.165) is 56.7 Å². The van der Waals surface area contributed by atoms with Gasteiger partial charge in [-0.2, -0.15) is 0 Å². The molecule has 0 radical (unpaired) electrons. The van der Waals surface area contributed by atoms with Crippen LogP contribution in [0.2, 0.25) is 0 Å². The summed E-state index contributed by atoms with van der Waals surface area (Å²) in [4.78, 5) is 10.5. The van der Waals surface area contributed by atoms with E-state index in [0.29, 0.717) is 0 Å². The number of methoxy groups -OCH3 is 1. The first-order valence-electron chi connectivity index (χ1n) is 10.0. The quantitative estimate of drug-likeness (QED) is 0.284. The van der Waals surface area contributed by atoms with Crippen LogP contribution in [0.5, 0.6) is 5.75 Å². The van der Waals surface area contributed by atoms with Gasteiger partial charge < -0.3 is 19.5 Å². The van der Waals surface area contributed by atoms with Crippen LogP contribution < -0.4 is 10.1 Å². The molecule has 1 aliphatic rings. The highest BCUT2D eigenvalue weighted by Crippen LogP contribution is 2.27. The predicted octanol–water partition coefficient (Wildman–Crippen LogP) is 3.92. The van der Waals surface area contributed by atoms with Crippen molar-refractivity contribution in [2.75, 3.05) is 40.3 Å². The van der Waals surface area contributed by atoms with Gasteiger partial charge in [-0.25, -0.2) is 0 Å². The van der Waals surface area contributed by atoms with Gasteiger partial charge in [-0.1, -0.05) is 17.3 Å². The van der Waals surface area contributed by atoms with Crippen molar-refractivity contribution in [3.8, 4) is 16.9 Å². The summed E-state index contributed by atoms with van der Waals surface area (Å²) in [6.45, 7) is 5.45. The van der Waals surface area contributed by atoms with Gasteiger partial charge in [-0.05, 0) is 34.7 Å². The van der Waals surface area contributed by atoms with Crippen LogP contribution in [0.1, 0.15) is 10.6 Å². The van der Waals surface area contributed by atoms with E-state index in [9.17, 15) is 0 Å². The van der Waals surface area contributed by atoms with Crippen LogP contribution in [0, 0.1) is 0 Å². The van der Waals surface area contributed by atoms with Crippen molar-refractivity contribution in [1.29, 1.82) is 0 Å². The van der Waals surface area contributed by atoms with Crippen LogP contribution in [0.4, 0.5) is 0 Å². The Morgan fingerprint density at radius 2 is 1.94 bits per heavy atom. The lowest BCUT2D eigenvalue weighted by molar-refractivity contribution is 0.169. The smallest absolute Gasteiger partial charge is 0.194 e. The first-order chi connectivity index (χ1) is 14.7. The molecule has 31 heavy (non-hydrogen) atoms. The molecule has 2 aromatic heterocycles. The fourth-order valence-electron chi connectivity index (χ4n) is 3.57. The minimum Gasteiger partial charge on any atom is -0.497 e. The monoisotopic (exact) mass is 553 g/mol. The number of hydrogen-bond donors (Lipinski definition) is 1. The summed E-state index contributed by atoms with van der Waals surface area (Å²) in [5, 5.41) is 9.72. The first kappa shape index (κ1) is 23.6. The molecule has 0 spiro atoms.